The van der Waals surface area contributed by atoms with Crippen LogP contribution in [0.25, 0.3) is 0 Å². The molecule has 1 N–H and O–H groups in total. The summed E-state index contributed by atoms with van der Waals surface area (Å²) in [6.07, 6.45) is 2.54. The molecule has 0 spiro atoms. The highest BCUT2D eigenvalue weighted by molar-refractivity contribution is 7.89. The van der Waals surface area contributed by atoms with Crippen molar-refractivity contribution in [1.29, 1.82) is 0 Å². The highest BCUT2D eigenvalue weighted by atomic mass is 32.2. The van der Waals surface area contributed by atoms with E-state index in [1.54, 1.807) is 37.6 Å². The van der Waals surface area contributed by atoms with Crippen molar-refractivity contribution in [2.75, 3.05) is 33.4 Å². The molecule has 1 aromatic heterocycles. The predicted octanol–water partition coefficient (Wildman–Crippen LogP) is 2.70. The lowest BCUT2D eigenvalue weighted by Crippen LogP contribution is -2.42. The molecule has 1 aliphatic heterocycles. The van der Waals surface area contributed by atoms with E-state index in [0.717, 1.165) is 23.5 Å². The molecular formula is C24H34N4O5S. The van der Waals surface area contributed by atoms with Crippen LogP contribution in [-0.2, 0) is 26.1 Å². The van der Waals surface area contributed by atoms with Gasteiger partial charge in [0, 0.05) is 49.6 Å². The van der Waals surface area contributed by atoms with Gasteiger partial charge in [-0.25, -0.2) is 13.8 Å². The Bertz CT molecular complexity index is 1100. The summed E-state index contributed by atoms with van der Waals surface area (Å²) in [5.41, 5.74) is 5.71. The number of aromatic nitrogens is 1. The molecule has 3 rings (SSSR count). The maximum atomic E-state index is 12.9. The molecule has 10 heteroatoms. The molecule has 2 heterocycles. The summed E-state index contributed by atoms with van der Waals surface area (Å²) in [7, 11) is -1.93. The zero-order valence-corrected chi connectivity index (χ0v) is 21.1. The maximum Gasteiger partial charge on any atom is 0.243 e. The van der Waals surface area contributed by atoms with Gasteiger partial charge in [-0.15, -0.1) is 0 Å². The second kappa shape index (κ2) is 11.6. The SMILES string of the molecule is CCOc1ccc(S(=O)(=O)N2CCC(C(=O)N/N=C/c3cc(C)n(CCOC)c3C)CC2)cc1. The summed E-state index contributed by atoms with van der Waals surface area (Å²) in [5, 5.41) is 4.14. The number of carbonyl (C=O) groups excluding carboxylic acids is 1. The van der Waals surface area contributed by atoms with Crippen molar-refractivity contribution < 1.29 is 22.7 Å². The molecule has 0 radical (unpaired) electrons. The minimum atomic E-state index is -3.60. The molecule has 34 heavy (non-hydrogen) atoms. The Morgan fingerprint density at radius 2 is 1.88 bits per heavy atom. The van der Waals surface area contributed by atoms with Gasteiger partial charge >= 0.3 is 0 Å². The first-order valence-electron chi connectivity index (χ1n) is 11.5. The summed E-state index contributed by atoms with van der Waals surface area (Å²) in [6.45, 7) is 8.38. The molecule has 1 aliphatic rings. The van der Waals surface area contributed by atoms with E-state index in [1.165, 1.54) is 4.31 Å². The highest BCUT2D eigenvalue weighted by Crippen LogP contribution is 2.25. The Morgan fingerprint density at radius 3 is 2.50 bits per heavy atom. The standard InChI is InChI=1S/C24H34N4O5S/c1-5-33-22-6-8-23(9-7-22)34(30,31)27-12-10-20(11-13-27)24(29)26-25-17-21-16-18(2)28(19(21)3)14-15-32-4/h6-9,16-17,20H,5,10-15H2,1-4H3,(H,26,29)/b25-17+. The number of amides is 1. The fourth-order valence-electron chi connectivity index (χ4n) is 4.12. The number of methoxy groups -OCH3 is 1. The van der Waals surface area contributed by atoms with Crippen LogP contribution in [0.5, 0.6) is 5.75 Å². The van der Waals surface area contributed by atoms with Crippen molar-refractivity contribution in [3.8, 4) is 5.75 Å². The van der Waals surface area contributed by atoms with Crippen LogP contribution in [0.1, 0.15) is 36.7 Å². The van der Waals surface area contributed by atoms with Gasteiger partial charge < -0.3 is 14.0 Å². The first-order valence-corrected chi connectivity index (χ1v) is 12.9. The molecule has 1 amide bonds. The van der Waals surface area contributed by atoms with Gasteiger partial charge in [0.1, 0.15) is 5.75 Å². The summed E-state index contributed by atoms with van der Waals surface area (Å²) in [6, 6.07) is 8.44. The van der Waals surface area contributed by atoms with Crippen molar-refractivity contribution >= 4 is 22.1 Å². The zero-order chi connectivity index (χ0) is 24.7. The summed E-state index contributed by atoms with van der Waals surface area (Å²) < 4.78 is 40.0. The van der Waals surface area contributed by atoms with Crippen molar-refractivity contribution in [3.05, 3.63) is 47.3 Å². The Labute approximate surface area is 201 Å². The number of aryl methyl sites for hydroxylation is 1. The lowest BCUT2D eigenvalue weighted by molar-refractivity contribution is -0.126. The molecule has 2 aromatic rings. The Morgan fingerprint density at radius 1 is 1.21 bits per heavy atom. The van der Waals surface area contributed by atoms with E-state index in [0.29, 0.717) is 31.8 Å². The number of carbonyl (C=O) groups is 1. The normalized spacial score (nSPS) is 15.6. The van der Waals surface area contributed by atoms with E-state index in [-0.39, 0.29) is 29.8 Å². The lowest BCUT2D eigenvalue weighted by Gasteiger charge is -2.30. The van der Waals surface area contributed by atoms with E-state index < -0.39 is 10.0 Å². The van der Waals surface area contributed by atoms with Crippen molar-refractivity contribution in [3.63, 3.8) is 0 Å². The molecule has 0 saturated carbocycles. The maximum absolute atomic E-state index is 12.9. The van der Waals surface area contributed by atoms with E-state index in [2.05, 4.69) is 15.1 Å². The highest BCUT2D eigenvalue weighted by Gasteiger charge is 2.32. The quantitative estimate of drug-likeness (QED) is 0.408. The van der Waals surface area contributed by atoms with Crippen molar-refractivity contribution in [1.82, 2.24) is 14.3 Å². The van der Waals surface area contributed by atoms with E-state index >= 15 is 0 Å². The second-order valence-electron chi connectivity index (χ2n) is 8.29. The summed E-state index contributed by atoms with van der Waals surface area (Å²) in [5.74, 6) is 0.162. The molecule has 9 nitrogen and oxygen atoms in total. The van der Waals surface area contributed by atoms with Gasteiger partial charge in [-0.2, -0.15) is 9.41 Å². The van der Waals surface area contributed by atoms with Gasteiger partial charge in [-0.3, -0.25) is 4.79 Å². The Balaban J connectivity index is 1.53. The first kappa shape index (κ1) is 25.9. The number of hydrogen-bond donors (Lipinski definition) is 1. The van der Waals surface area contributed by atoms with Crippen LogP contribution in [0.2, 0.25) is 0 Å². The van der Waals surface area contributed by atoms with Crippen LogP contribution in [0.3, 0.4) is 0 Å². The molecule has 1 fully saturated rings. The molecule has 0 bridgehead atoms. The molecular weight excluding hydrogens is 456 g/mol. The molecule has 1 aromatic carbocycles. The van der Waals surface area contributed by atoms with E-state index in [9.17, 15) is 13.2 Å². The van der Waals surface area contributed by atoms with Gasteiger partial charge in [0.15, 0.2) is 0 Å². The van der Waals surface area contributed by atoms with Gasteiger partial charge in [0.05, 0.1) is 24.3 Å². The van der Waals surface area contributed by atoms with Gasteiger partial charge in [0.2, 0.25) is 15.9 Å². The van der Waals surface area contributed by atoms with E-state index in [1.807, 2.05) is 26.8 Å². The fraction of sp³-hybridized carbons (Fsp3) is 0.500. The van der Waals surface area contributed by atoms with Crippen LogP contribution in [0, 0.1) is 19.8 Å². The zero-order valence-electron chi connectivity index (χ0n) is 20.3. The van der Waals surface area contributed by atoms with E-state index in [4.69, 9.17) is 9.47 Å². The number of rotatable bonds is 10. The molecule has 1 saturated heterocycles. The number of sulfonamides is 1. The van der Waals surface area contributed by atoms with Crippen LogP contribution in [-0.4, -0.2) is 62.8 Å². The average Bonchev–Trinajstić information content (AvgIpc) is 3.10. The first-order chi connectivity index (χ1) is 16.3. The van der Waals surface area contributed by atoms with Crippen LogP contribution in [0.4, 0.5) is 0 Å². The molecule has 0 aliphatic carbocycles. The van der Waals surface area contributed by atoms with Crippen molar-refractivity contribution in [2.24, 2.45) is 11.0 Å². The monoisotopic (exact) mass is 490 g/mol. The number of hydrogen-bond acceptors (Lipinski definition) is 6. The number of nitrogens with zero attached hydrogens (tertiary/aromatic N) is 3. The average molecular weight is 491 g/mol. The van der Waals surface area contributed by atoms with Gasteiger partial charge in [0.25, 0.3) is 0 Å². The third kappa shape index (κ3) is 6.05. The van der Waals surface area contributed by atoms with Gasteiger partial charge in [-0.1, -0.05) is 0 Å². The molecule has 186 valence electrons. The Hall–Kier alpha value is -2.69. The summed E-state index contributed by atoms with van der Waals surface area (Å²) >= 11 is 0. The minimum absolute atomic E-state index is 0.192. The lowest BCUT2D eigenvalue weighted by atomic mass is 9.98. The smallest absolute Gasteiger partial charge is 0.243 e. The van der Waals surface area contributed by atoms with Crippen LogP contribution in [0.15, 0.2) is 40.3 Å². The third-order valence-corrected chi connectivity index (χ3v) is 8.02. The Kier molecular flexibility index (Phi) is 8.87. The largest absolute Gasteiger partial charge is 0.494 e. The number of hydrazone groups is 1. The van der Waals surface area contributed by atoms with Crippen molar-refractivity contribution in [2.45, 2.75) is 45.1 Å². The number of ether oxygens (including phenoxy) is 2. The summed E-state index contributed by atoms with van der Waals surface area (Å²) in [4.78, 5) is 12.8. The topological polar surface area (TPSA) is 102 Å². The van der Waals surface area contributed by atoms with Crippen LogP contribution < -0.4 is 10.2 Å². The number of nitrogens with one attached hydrogen (secondary N) is 1. The predicted molar refractivity (Wildman–Crippen MR) is 131 cm³/mol. The minimum Gasteiger partial charge on any atom is -0.494 e. The molecule has 0 atom stereocenters. The molecule has 0 unspecified atom stereocenters. The second-order valence-corrected chi connectivity index (χ2v) is 10.2. The number of benzene rings is 1. The van der Waals surface area contributed by atoms with Gasteiger partial charge in [-0.05, 0) is 63.9 Å². The fourth-order valence-corrected chi connectivity index (χ4v) is 5.59. The third-order valence-electron chi connectivity index (χ3n) is 6.11. The number of piperidine rings is 1. The van der Waals surface area contributed by atoms with Crippen LogP contribution >= 0.6 is 0 Å².